The molecule has 2 saturated heterocycles. The van der Waals surface area contributed by atoms with Crippen molar-refractivity contribution in [3.8, 4) is 0 Å². The maximum atomic E-state index is 14.4. The summed E-state index contributed by atoms with van der Waals surface area (Å²) in [7, 11) is -5.34. The van der Waals surface area contributed by atoms with Crippen molar-refractivity contribution in [2.75, 3.05) is 13.2 Å². The zero-order chi connectivity index (χ0) is 69.5. The number of amides is 7. The number of ether oxygens (including phenoxy) is 1. The second-order valence-corrected chi connectivity index (χ2v) is 28.6. The van der Waals surface area contributed by atoms with Crippen LogP contribution in [0.5, 0.6) is 0 Å². The predicted octanol–water partition coefficient (Wildman–Crippen LogP) is 3.95. The number of benzene rings is 2. The first-order chi connectivity index (χ1) is 44.0. The first-order valence-corrected chi connectivity index (χ1v) is 32.8. The summed E-state index contributed by atoms with van der Waals surface area (Å²) in [5.41, 5.74) is 34.7. The van der Waals surface area contributed by atoms with E-state index in [1.165, 1.54) is 17.8 Å². The van der Waals surface area contributed by atoms with Crippen LogP contribution >= 0.6 is 7.82 Å². The normalized spacial score (nSPS) is 30.7. The van der Waals surface area contributed by atoms with Gasteiger partial charge in [-0.1, -0.05) is 64.9 Å². The summed E-state index contributed by atoms with van der Waals surface area (Å²) in [5.74, 6) is -7.42. The van der Waals surface area contributed by atoms with E-state index in [0.29, 0.717) is 56.4 Å². The number of rotatable bonds is 26. The molecule has 0 aliphatic carbocycles. The van der Waals surface area contributed by atoms with Crippen molar-refractivity contribution in [3.05, 3.63) is 88.9 Å². The molecule has 95 heavy (non-hydrogen) atoms. The van der Waals surface area contributed by atoms with Gasteiger partial charge in [-0.05, 0) is 105 Å². The minimum absolute atomic E-state index is 0. The van der Waals surface area contributed by atoms with Crippen LogP contribution in [0.15, 0.2) is 92.0 Å². The van der Waals surface area contributed by atoms with Crippen LogP contribution < -0.4 is 44.6 Å². The molecule has 9 rings (SSSR count). The van der Waals surface area contributed by atoms with E-state index in [9.17, 15) is 53.2 Å². The first-order valence-electron chi connectivity index (χ1n) is 31.3. The number of phosphoric ester groups is 1. The van der Waals surface area contributed by atoms with Crippen molar-refractivity contribution in [2.24, 2.45) is 94.7 Å². The molecule has 1 radical (unpaired) electrons. The van der Waals surface area contributed by atoms with Crippen LogP contribution in [0.25, 0.3) is 27.1 Å². The van der Waals surface area contributed by atoms with Gasteiger partial charge in [0.05, 0.1) is 41.3 Å². The number of hydrogen-bond donors (Lipinski definition) is 9. The molecule has 2 fully saturated rings. The Morgan fingerprint density at radius 1 is 0.811 bits per heavy atom. The Morgan fingerprint density at radius 2 is 1.40 bits per heavy atom. The Labute approximate surface area is 561 Å². The summed E-state index contributed by atoms with van der Waals surface area (Å²) >= 11 is 0. The van der Waals surface area contributed by atoms with Gasteiger partial charge in [0.25, 0.3) is 7.82 Å². The number of allylic oxidation sites excluding steroid dienone is 6. The monoisotopic (exact) mass is 1380 g/mol. The number of aliphatic hydroxyl groups is 2. The van der Waals surface area contributed by atoms with Crippen molar-refractivity contribution in [1.82, 2.24) is 14.9 Å². The second-order valence-electron chi connectivity index (χ2n) is 27.3. The molecule has 28 nitrogen and oxygen atoms in total. The fraction of sp³-hybridized carbons (Fsp3) is 0.569. The minimum Gasteiger partial charge on any atom is -0.756 e. The molecule has 3 aromatic rings. The third kappa shape index (κ3) is 14.5. The Hall–Kier alpha value is -7.52. The van der Waals surface area contributed by atoms with Crippen LogP contribution in [0.2, 0.25) is 0 Å². The average Bonchev–Trinajstić information content (AvgIpc) is 1.53. The molecule has 0 spiro atoms. The topological polar surface area (TPSA) is 489 Å². The molecule has 15 N–H and O–H groups in total. The van der Waals surface area contributed by atoms with E-state index < -0.39 is 143 Å². The molecule has 15 atom stereocenters. The summed E-state index contributed by atoms with van der Waals surface area (Å²) in [4.78, 5) is 128. The second kappa shape index (κ2) is 28.7. The molecule has 6 aliphatic rings. The molecule has 6 aliphatic heterocycles. The van der Waals surface area contributed by atoms with E-state index in [2.05, 4.69) is 10.3 Å². The Kier molecular flexibility index (Phi) is 22.6. The van der Waals surface area contributed by atoms with Crippen LogP contribution in [0.3, 0.4) is 0 Å². The van der Waals surface area contributed by atoms with Crippen molar-refractivity contribution in [1.29, 1.82) is 5.26 Å². The number of carbonyl (C=O) groups is 7. The van der Waals surface area contributed by atoms with Crippen molar-refractivity contribution >= 4 is 88.1 Å². The van der Waals surface area contributed by atoms with Gasteiger partial charge in [-0.15, -0.1) is 0 Å². The van der Waals surface area contributed by atoms with E-state index >= 15 is 0 Å². The zero-order valence-electron chi connectivity index (χ0n) is 54.8. The number of imidazole rings is 1. The third-order valence-corrected chi connectivity index (χ3v) is 21.9. The quantitative estimate of drug-likeness (QED) is 0.0406. The fourth-order valence-electron chi connectivity index (χ4n) is 15.8. The number of aliphatic imine (C=N–C) groups is 3. The van der Waals surface area contributed by atoms with Crippen LogP contribution in [-0.4, -0.2) is 127 Å². The van der Waals surface area contributed by atoms with E-state index in [-0.39, 0.29) is 94.0 Å². The van der Waals surface area contributed by atoms with Crippen LogP contribution in [0.1, 0.15) is 139 Å². The van der Waals surface area contributed by atoms with Gasteiger partial charge < -0.3 is 90.3 Å². The number of aliphatic hydroxyl groups excluding tert-OH is 2. The molecule has 7 heterocycles. The number of carbonyl (C=O) groups excluding carboxylic acids is 7. The summed E-state index contributed by atoms with van der Waals surface area (Å²) < 4.78 is 32.0. The third-order valence-electron chi connectivity index (χ3n) is 20.7. The van der Waals surface area contributed by atoms with Crippen molar-refractivity contribution in [3.63, 3.8) is 0 Å². The van der Waals surface area contributed by atoms with Gasteiger partial charge in [0.2, 0.25) is 41.4 Å². The first kappa shape index (κ1) is 74.9. The smallest absolute Gasteiger partial charge is 0.756 e. The van der Waals surface area contributed by atoms with E-state index in [4.69, 9.17) is 80.3 Å². The van der Waals surface area contributed by atoms with Gasteiger partial charge in [0, 0.05) is 108 Å². The van der Waals surface area contributed by atoms with Gasteiger partial charge in [-0.3, -0.25) is 53.1 Å². The zero-order valence-corrected chi connectivity index (χ0v) is 56.7. The SMILES string of the molecule is CC1=C2N=C(C=C3N=C(C(C)=C4[N-]C(C(CC(N)=O)C4(C)CCC(=O)NCC(C)OP(=O)([O-])OC4C(CO)OC(n5cnc6cc7ccccc7cc65)C4O)C4(C)N=C1C(CCC(N)=O)C4(C)CC(N)=O)C(CCC(N)=O)C3(C)C)C(CCC(N)=O)C2(C)CC(N)=O.[C-]#N.[Co+2]. The number of fused-ring (bicyclic) bond motifs is 8. The van der Waals surface area contributed by atoms with Gasteiger partial charge in [0.1, 0.15) is 18.3 Å². The molecule has 515 valence electrons. The summed E-state index contributed by atoms with van der Waals surface area (Å²) in [6.45, 7) is 19.9. The maximum Gasteiger partial charge on any atom is 2.00 e. The molecular weight excluding hydrogens is 1290 g/mol. The summed E-state index contributed by atoms with van der Waals surface area (Å²) in [6, 6.07) is 10.2. The average molecular weight is 1380 g/mol. The Bertz CT molecular complexity index is 3840. The van der Waals surface area contributed by atoms with Gasteiger partial charge in [-0.2, -0.15) is 5.70 Å². The fourth-order valence-corrected chi connectivity index (χ4v) is 16.9. The van der Waals surface area contributed by atoms with Gasteiger partial charge in [-0.25, -0.2) is 4.98 Å². The van der Waals surface area contributed by atoms with Crippen molar-refractivity contribution in [2.45, 2.75) is 175 Å². The maximum absolute atomic E-state index is 14.4. The number of phosphoric acid groups is 1. The number of nitrogens with two attached hydrogens (primary N) is 6. The molecule has 30 heteroatoms. The summed E-state index contributed by atoms with van der Waals surface area (Å²) in [5, 5.41) is 38.3. The molecule has 8 bridgehead atoms. The number of hydrogen-bond acceptors (Lipinski definition) is 19. The Balaban J connectivity index is 0.00000421. The largest absolute Gasteiger partial charge is 2.00 e. The Morgan fingerprint density at radius 3 is 1.98 bits per heavy atom. The van der Waals surface area contributed by atoms with Crippen LogP contribution in [0, 0.1) is 57.2 Å². The van der Waals surface area contributed by atoms with Crippen LogP contribution in [0.4, 0.5) is 0 Å². The van der Waals surface area contributed by atoms with Gasteiger partial charge >= 0.3 is 16.8 Å². The molecular formula is C65H86CoN14O14P-. The number of primary amides is 6. The summed E-state index contributed by atoms with van der Waals surface area (Å²) in [6.07, 6.45) is -4.89. The molecule has 0 saturated carbocycles. The van der Waals surface area contributed by atoms with E-state index in [0.717, 1.165) is 10.8 Å². The minimum atomic E-state index is -5.34. The number of nitrogens with one attached hydrogen (secondary N) is 1. The molecule has 1 aromatic heterocycles. The standard InChI is InChI=1S/C64H88N13O14P.CN.Co/c1-31(90-92(87,88)91-55-43(29-78)89-59(54(55)86)77-30-72-41-22-34-12-10-11-13-35(34)23-42(41)77)28-71-51(85)20-21-61(6)39(24-48(68)82)58-64(9)63(8,27-50(70)84)38(16-19-47(67)81)53(76-64)33(3)57-62(7,26-49(69)83)36(14-17-45(65)79)40(73-57)25-44-60(4,5)37(15-18-46(66)80)52(74-44)32(2)56(61)75-58;1-2;/h10-13,22-23,25,30-31,36-39,43,54-55,58-59,78,86H,14-21,24,26-29H2,1-9H3,(H15,65,66,67,68,69,70,71,73,74,75,76,79,80,81,82,83,84,85,87,88);;/q;-1;+2/p-2. The van der Waals surface area contributed by atoms with E-state index in [1.807, 2.05) is 90.9 Å². The van der Waals surface area contributed by atoms with E-state index in [1.54, 1.807) is 6.92 Å². The number of nitrogens with zero attached hydrogens (tertiary/aromatic N) is 7. The number of aromatic nitrogens is 2. The molecule has 7 amide bonds. The van der Waals surface area contributed by atoms with Crippen molar-refractivity contribution < 1.29 is 83.8 Å². The molecule has 15 unspecified atom stereocenters. The van der Waals surface area contributed by atoms with Gasteiger partial charge in [0.15, 0.2) is 6.23 Å². The predicted molar refractivity (Wildman–Crippen MR) is 345 cm³/mol. The van der Waals surface area contributed by atoms with Crippen LogP contribution in [-0.2, 0) is 68.7 Å². The molecule has 2 aromatic carbocycles.